The highest BCUT2D eigenvalue weighted by molar-refractivity contribution is 7.07. The lowest BCUT2D eigenvalue weighted by Crippen LogP contribution is -2.51. The summed E-state index contributed by atoms with van der Waals surface area (Å²) in [5.74, 6) is 0.148. The van der Waals surface area contributed by atoms with Crippen molar-refractivity contribution in [2.24, 2.45) is 5.92 Å². The molecule has 2 amide bonds. The Balaban J connectivity index is 1.91. The van der Waals surface area contributed by atoms with Gasteiger partial charge < -0.3 is 9.80 Å². The van der Waals surface area contributed by atoms with Crippen molar-refractivity contribution in [2.75, 3.05) is 26.2 Å². The first-order chi connectivity index (χ1) is 8.59. The largest absolute Gasteiger partial charge is 0.339 e. The molecule has 0 N–H and O–H groups in total. The minimum Gasteiger partial charge on any atom is -0.339 e. The van der Waals surface area contributed by atoms with Gasteiger partial charge in [0.15, 0.2) is 0 Å². The van der Waals surface area contributed by atoms with E-state index >= 15 is 0 Å². The van der Waals surface area contributed by atoms with Crippen LogP contribution in [0.1, 0.15) is 24.3 Å². The molecule has 98 valence electrons. The van der Waals surface area contributed by atoms with Gasteiger partial charge in [0.2, 0.25) is 5.91 Å². The van der Waals surface area contributed by atoms with Crippen LogP contribution in [0.3, 0.4) is 0 Å². The maximum Gasteiger partial charge on any atom is 0.273 e. The average molecular weight is 267 g/mol. The van der Waals surface area contributed by atoms with E-state index in [1.165, 1.54) is 11.3 Å². The van der Waals surface area contributed by atoms with Crippen molar-refractivity contribution in [1.82, 2.24) is 14.8 Å². The van der Waals surface area contributed by atoms with Crippen molar-refractivity contribution >= 4 is 23.2 Å². The molecule has 1 aliphatic heterocycles. The summed E-state index contributed by atoms with van der Waals surface area (Å²) in [4.78, 5) is 31.5. The van der Waals surface area contributed by atoms with E-state index in [4.69, 9.17) is 0 Å². The van der Waals surface area contributed by atoms with Crippen LogP contribution >= 0.6 is 11.3 Å². The summed E-state index contributed by atoms with van der Waals surface area (Å²) in [5.41, 5.74) is 2.16. The molecular formula is C12H17N3O2S. The molecule has 1 aromatic rings. The van der Waals surface area contributed by atoms with Crippen LogP contribution in [0.4, 0.5) is 0 Å². The quantitative estimate of drug-likeness (QED) is 0.806. The lowest BCUT2D eigenvalue weighted by molar-refractivity contribution is -0.135. The number of thiazole rings is 1. The molecule has 0 aromatic carbocycles. The highest BCUT2D eigenvalue weighted by Crippen LogP contribution is 2.11. The first kappa shape index (κ1) is 13.0. The van der Waals surface area contributed by atoms with Gasteiger partial charge >= 0.3 is 0 Å². The van der Waals surface area contributed by atoms with Gasteiger partial charge in [0.05, 0.1) is 5.51 Å². The lowest BCUT2D eigenvalue weighted by atomic mass is 10.1. The van der Waals surface area contributed by atoms with Crippen LogP contribution < -0.4 is 0 Å². The first-order valence-electron chi connectivity index (χ1n) is 6.06. The molecule has 2 rings (SSSR count). The Kier molecular flexibility index (Phi) is 3.96. The molecule has 0 unspecified atom stereocenters. The zero-order valence-electron chi connectivity index (χ0n) is 10.6. The Morgan fingerprint density at radius 2 is 1.83 bits per heavy atom. The number of carbonyl (C=O) groups excluding carboxylic acids is 2. The lowest BCUT2D eigenvalue weighted by Gasteiger charge is -2.35. The third kappa shape index (κ3) is 2.69. The van der Waals surface area contributed by atoms with E-state index in [1.807, 2.05) is 18.7 Å². The summed E-state index contributed by atoms with van der Waals surface area (Å²) in [5, 5.41) is 1.76. The Labute approximate surface area is 110 Å². The molecule has 0 bridgehead atoms. The Bertz CT molecular complexity index is 423. The molecule has 1 saturated heterocycles. The molecule has 5 nitrogen and oxygen atoms in total. The molecule has 1 fully saturated rings. The van der Waals surface area contributed by atoms with E-state index in [1.54, 1.807) is 15.8 Å². The molecule has 1 aromatic heterocycles. The summed E-state index contributed by atoms with van der Waals surface area (Å²) in [6, 6.07) is 0. The van der Waals surface area contributed by atoms with Crippen molar-refractivity contribution in [1.29, 1.82) is 0 Å². The second-order valence-electron chi connectivity index (χ2n) is 4.65. The van der Waals surface area contributed by atoms with Crippen LogP contribution in [0.15, 0.2) is 10.9 Å². The fraction of sp³-hybridized carbons (Fsp3) is 0.583. The summed E-state index contributed by atoms with van der Waals surface area (Å²) in [6.07, 6.45) is 0. The Hall–Kier alpha value is -1.43. The third-order valence-electron chi connectivity index (χ3n) is 3.02. The number of carbonyl (C=O) groups is 2. The van der Waals surface area contributed by atoms with E-state index in [-0.39, 0.29) is 17.7 Å². The SMILES string of the molecule is CC(C)C(=O)N1CCN(C(=O)c2cscn2)CC1. The fourth-order valence-corrected chi connectivity index (χ4v) is 2.50. The van der Waals surface area contributed by atoms with Crippen molar-refractivity contribution < 1.29 is 9.59 Å². The number of amides is 2. The maximum absolute atomic E-state index is 12.0. The van der Waals surface area contributed by atoms with Gasteiger partial charge in [0.25, 0.3) is 5.91 Å². The third-order valence-corrected chi connectivity index (χ3v) is 3.61. The van der Waals surface area contributed by atoms with Gasteiger partial charge in [-0.25, -0.2) is 4.98 Å². The molecule has 0 spiro atoms. The van der Waals surface area contributed by atoms with E-state index in [9.17, 15) is 9.59 Å². The Morgan fingerprint density at radius 3 is 2.33 bits per heavy atom. The van der Waals surface area contributed by atoms with Crippen LogP contribution in [0.2, 0.25) is 0 Å². The Morgan fingerprint density at radius 1 is 1.22 bits per heavy atom. The average Bonchev–Trinajstić information content (AvgIpc) is 2.91. The van der Waals surface area contributed by atoms with Gasteiger partial charge in [-0.05, 0) is 0 Å². The molecule has 0 aliphatic carbocycles. The number of hydrogen-bond acceptors (Lipinski definition) is 4. The van der Waals surface area contributed by atoms with E-state index in [0.717, 1.165) is 0 Å². The maximum atomic E-state index is 12.0. The summed E-state index contributed by atoms with van der Waals surface area (Å²) in [7, 11) is 0. The van der Waals surface area contributed by atoms with Crippen molar-refractivity contribution in [3.63, 3.8) is 0 Å². The minimum atomic E-state index is -0.0344. The number of aromatic nitrogens is 1. The zero-order chi connectivity index (χ0) is 13.1. The van der Waals surface area contributed by atoms with Crippen LogP contribution in [-0.2, 0) is 4.79 Å². The van der Waals surface area contributed by atoms with Gasteiger partial charge in [0, 0.05) is 37.5 Å². The molecule has 0 saturated carbocycles. The normalized spacial score (nSPS) is 16.2. The second kappa shape index (κ2) is 5.48. The predicted molar refractivity (Wildman–Crippen MR) is 69.4 cm³/mol. The number of piperazine rings is 1. The monoisotopic (exact) mass is 267 g/mol. The summed E-state index contributed by atoms with van der Waals surface area (Å²) >= 11 is 1.42. The van der Waals surface area contributed by atoms with Gasteiger partial charge in [-0.15, -0.1) is 11.3 Å². The van der Waals surface area contributed by atoms with Crippen molar-refractivity contribution in [2.45, 2.75) is 13.8 Å². The van der Waals surface area contributed by atoms with Gasteiger partial charge in [-0.1, -0.05) is 13.8 Å². The number of hydrogen-bond donors (Lipinski definition) is 0. The molecule has 0 atom stereocenters. The molecule has 1 aliphatic rings. The van der Waals surface area contributed by atoms with Gasteiger partial charge in [-0.3, -0.25) is 9.59 Å². The smallest absolute Gasteiger partial charge is 0.273 e. The predicted octanol–water partition coefficient (Wildman–Crippen LogP) is 1.08. The van der Waals surface area contributed by atoms with Crippen LogP contribution in [0.25, 0.3) is 0 Å². The van der Waals surface area contributed by atoms with Crippen molar-refractivity contribution in [3.05, 3.63) is 16.6 Å². The summed E-state index contributed by atoms with van der Waals surface area (Å²) < 4.78 is 0. The molecule has 0 radical (unpaired) electrons. The second-order valence-corrected chi connectivity index (χ2v) is 5.36. The minimum absolute atomic E-state index is 0.0193. The molecule has 6 heteroatoms. The fourth-order valence-electron chi connectivity index (χ4n) is 1.98. The summed E-state index contributed by atoms with van der Waals surface area (Å²) in [6.45, 7) is 6.22. The van der Waals surface area contributed by atoms with Gasteiger partial charge in [-0.2, -0.15) is 0 Å². The van der Waals surface area contributed by atoms with E-state index in [0.29, 0.717) is 31.9 Å². The number of nitrogens with zero attached hydrogens (tertiary/aromatic N) is 3. The molecule has 2 heterocycles. The van der Waals surface area contributed by atoms with E-state index in [2.05, 4.69) is 4.98 Å². The van der Waals surface area contributed by atoms with Crippen LogP contribution in [0.5, 0.6) is 0 Å². The van der Waals surface area contributed by atoms with Gasteiger partial charge in [0.1, 0.15) is 5.69 Å². The molecule has 18 heavy (non-hydrogen) atoms. The van der Waals surface area contributed by atoms with Crippen LogP contribution in [0, 0.1) is 5.92 Å². The van der Waals surface area contributed by atoms with E-state index < -0.39 is 0 Å². The molecular weight excluding hydrogens is 250 g/mol. The number of rotatable bonds is 2. The first-order valence-corrected chi connectivity index (χ1v) is 7.00. The highest BCUT2D eigenvalue weighted by Gasteiger charge is 2.26. The zero-order valence-corrected chi connectivity index (χ0v) is 11.4. The van der Waals surface area contributed by atoms with Crippen LogP contribution in [-0.4, -0.2) is 52.8 Å². The van der Waals surface area contributed by atoms with Crippen molar-refractivity contribution in [3.8, 4) is 0 Å². The standard InChI is InChI=1S/C12H17N3O2S/c1-9(2)11(16)14-3-5-15(6-4-14)12(17)10-7-18-8-13-10/h7-9H,3-6H2,1-2H3. The topological polar surface area (TPSA) is 53.5 Å². The highest BCUT2D eigenvalue weighted by atomic mass is 32.1.